The second-order valence-corrected chi connectivity index (χ2v) is 7.64. The first-order valence-corrected chi connectivity index (χ1v) is 8.99. The Morgan fingerprint density at radius 3 is 2.20 bits per heavy atom. The zero-order valence-electron chi connectivity index (χ0n) is 13.3. The summed E-state index contributed by atoms with van der Waals surface area (Å²) < 4.78 is 71.8. The zero-order valence-corrected chi connectivity index (χ0v) is 14.1. The molecule has 1 aliphatic heterocycles. The monoisotopic (exact) mass is 371 g/mol. The molecule has 0 bridgehead atoms. The van der Waals surface area contributed by atoms with Crippen LogP contribution in [0.25, 0.3) is 0 Å². The van der Waals surface area contributed by atoms with E-state index in [1.54, 1.807) is 49.4 Å². The summed E-state index contributed by atoms with van der Waals surface area (Å²) in [5.74, 6) is 0. The average molecular weight is 371 g/mol. The highest BCUT2D eigenvalue weighted by Crippen LogP contribution is 2.41. The highest BCUT2D eigenvalue weighted by Gasteiger charge is 2.55. The number of alkyl halides is 3. The van der Waals surface area contributed by atoms with Gasteiger partial charge in [-0.3, -0.25) is 0 Å². The van der Waals surface area contributed by atoms with E-state index in [4.69, 9.17) is 4.74 Å². The summed E-state index contributed by atoms with van der Waals surface area (Å²) in [4.78, 5) is -0.196. The molecule has 0 unspecified atom stereocenters. The fraction of sp³-hybridized carbons (Fsp3) is 0.294. The third-order valence-electron chi connectivity index (χ3n) is 4.01. The molecule has 1 heterocycles. The van der Waals surface area contributed by atoms with Crippen LogP contribution < -0.4 is 0 Å². The summed E-state index contributed by atoms with van der Waals surface area (Å²) >= 11 is 0. The fourth-order valence-corrected chi connectivity index (χ4v) is 4.39. The molecule has 3 rings (SSSR count). The first kappa shape index (κ1) is 17.9. The van der Waals surface area contributed by atoms with Gasteiger partial charge in [0.15, 0.2) is 6.23 Å². The molecule has 2 aromatic carbocycles. The second-order valence-electron chi connectivity index (χ2n) is 5.80. The molecule has 0 radical (unpaired) electrons. The lowest BCUT2D eigenvalue weighted by molar-refractivity contribution is -0.164. The minimum absolute atomic E-state index is 0.196. The van der Waals surface area contributed by atoms with Crippen molar-refractivity contribution < 1.29 is 26.3 Å². The van der Waals surface area contributed by atoms with E-state index < -0.39 is 35.1 Å². The van der Waals surface area contributed by atoms with Gasteiger partial charge in [0.25, 0.3) is 0 Å². The SMILES string of the molecule is Cc1ccc(S(=O)(=O)N2[C@@H](c3ccccc3)OC[C@H]2C(F)(F)F)cc1. The molecule has 1 fully saturated rings. The molecule has 8 heteroatoms. The molecule has 0 saturated carbocycles. The van der Waals surface area contributed by atoms with Crippen LogP contribution in [0.1, 0.15) is 17.4 Å². The highest BCUT2D eigenvalue weighted by atomic mass is 32.2. The maximum Gasteiger partial charge on any atom is 0.407 e. The molecule has 0 spiro atoms. The number of hydrogen-bond acceptors (Lipinski definition) is 3. The van der Waals surface area contributed by atoms with E-state index in [9.17, 15) is 21.6 Å². The molecular formula is C17H16F3NO3S. The van der Waals surface area contributed by atoms with E-state index in [2.05, 4.69) is 0 Å². The van der Waals surface area contributed by atoms with Crippen LogP contribution in [0.4, 0.5) is 13.2 Å². The number of benzene rings is 2. The Balaban J connectivity index is 2.09. The van der Waals surface area contributed by atoms with Gasteiger partial charge in [-0.2, -0.15) is 17.5 Å². The van der Waals surface area contributed by atoms with Crippen LogP contribution in [0.2, 0.25) is 0 Å². The van der Waals surface area contributed by atoms with Crippen LogP contribution in [-0.2, 0) is 14.8 Å². The Bertz CT molecular complexity index is 836. The summed E-state index contributed by atoms with van der Waals surface area (Å²) in [5, 5.41) is 0. The average Bonchev–Trinajstić information content (AvgIpc) is 3.02. The van der Waals surface area contributed by atoms with Gasteiger partial charge in [-0.05, 0) is 24.6 Å². The minimum atomic E-state index is -4.73. The van der Waals surface area contributed by atoms with Crippen LogP contribution in [0.3, 0.4) is 0 Å². The molecule has 134 valence electrons. The maximum atomic E-state index is 13.4. The summed E-state index contributed by atoms with van der Waals surface area (Å²) in [6.45, 7) is 1.02. The molecule has 2 aromatic rings. The van der Waals surface area contributed by atoms with Crippen molar-refractivity contribution in [1.82, 2.24) is 4.31 Å². The Kier molecular flexibility index (Phi) is 4.61. The van der Waals surface area contributed by atoms with Gasteiger partial charge in [0, 0.05) is 0 Å². The van der Waals surface area contributed by atoms with E-state index >= 15 is 0 Å². The lowest BCUT2D eigenvalue weighted by Gasteiger charge is -2.28. The number of sulfonamides is 1. The number of hydrogen-bond donors (Lipinski definition) is 0. The normalized spacial score (nSPS) is 22.2. The first-order chi connectivity index (χ1) is 11.7. The van der Waals surface area contributed by atoms with Gasteiger partial charge >= 0.3 is 6.18 Å². The molecule has 0 aliphatic carbocycles. The molecule has 0 amide bonds. The summed E-state index contributed by atoms with van der Waals surface area (Å²) in [6.07, 6.45) is -6.06. The van der Waals surface area contributed by atoms with Crippen LogP contribution in [0.15, 0.2) is 59.5 Å². The Morgan fingerprint density at radius 1 is 1.04 bits per heavy atom. The van der Waals surface area contributed by atoms with Crippen molar-refractivity contribution in [3.8, 4) is 0 Å². The standard InChI is InChI=1S/C17H16F3NO3S/c1-12-7-9-14(10-8-12)25(22,23)21-15(17(18,19)20)11-24-16(21)13-5-3-2-4-6-13/h2-10,15-16H,11H2,1H3/t15-,16+/m0/s1. The highest BCUT2D eigenvalue weighted by molar-refractivity contribution is 7.89. The minimum Gasteiger partial charge on any atom is -0.356 e. The Morgan fingerprint density at radius 2 is 1.64 bits per heavy atom. The van der Waals surface area contributed by atoms with Crippen molar-refractivity contribution in [3.05, 3.63) is 65.7 Å². The third kappa shape index (κ3) is 3.42. The van der Waals surface area contributed by atoms with E-state index in [1.807, 2.05) is 0 Å². The van der Waals surface area contributed by atoms with E-state index in [1.165, 1.54) is 12.1 Å². The molecule has 1 saturated heterocycles. The largest absolute Gasteiger partial charge is 0.407 e. The van der Waals surface area contributed by atoms with Crippen LogP contribution >= 0.6 is 0 Å². The molecule has 2 atom stereocenters. The van der Waals surface area contributed by atoms with Crippen molar-refractivity contribution in [1.29, 1.82) is 0 Å². The topological polar surface area (TPSA) is 46.6 Å². The smallest absolute Gasteiger partial charge is 0.356 e. The summed E-state index contributed by atoms with van der Waals surface area (Å²) in [7, 11) is -4.40. The van der Waals surface area contributed by atoms with Crippen molar-refractivity contribution in [2.75, 3.05) is 6.61 Å². The molecule has 0 N–H and O–H groups in total. The lowest BCUT2D eigenvalue weighted by Crippen LogP contribution is -2.46. The molecule has 1 aliphatic rings. The molecule has 25 heavy (non-hydrogen) atoms. The van der Waals surface area contributed by atoms with Crippen molar-refractivity contribution in [2.45, 2.75) is 30.3 Å². The second kappa shape index (κ2) is 6.44. The van der Waals surface area contributed by atoms with Gasteiger partial charge in [0.05, 0.1) is 11.5 Å². The number of nitrogens with zero attached hydrogens (tertiary/aromatic N) is 1. The molecule has 4 nitrogen and oxygen atoms in total. The zero-order chi connectivity index (χ0) is 18.2. The molecule has 0 aromatic heterocycles. The number of ether oxygens (including phenoxy) is 1. The van der Waals surface area contributed by atoms with Gasteiger partial charge in [-0.1, -0.05) is 48.0 Å². The van der Waals surface area contributed by atoms with Gasteiger partial charge < -0.3 is 4.74 Å². The van der Waals surface area contributed by atoms with Gasteiger partial charge in [-0.25, -0.2) is 8.42 Å². The molecular weight excluding hydrogens is 355 g/mol. The predicted octanol–water partition coefficient (Wildman–Crippen LogP) is 3.65. The maximum absolute atomic E-state index is 13.4. The third-order valence-corrected chi connectivity index (χ3v) is 5.88. The number of halogens is 3. The Labute approximate surface area is 143 Å². The number of aryl methyl sites for hydroxylation is 1. The van der Waals surface area contributed by atoms with Crippen molar-refractivity contribution >= 4 is 10.0 Å². The predicted molar refractivity (Wildman–Crippen MR) is 85.2 cm³/mol. The van der Waals surface area contributed by atoms with Gasteiger partial charge in [-0.15, -0.1) is 0 Å². The lowest BCUT2D eigenvalue weighted by atomic mass is 10.2. The van der Waals surface area contributed by atoms with E-state index in [0.717, 1.165) is 5.56 Å². The van der Waals surface area contributed by atoms with Crippen molar-refractivity contribution in [2.24, 2.45) is 0 Å². The van der Waals surface area contributed by atoms with Gasteiger partial charge in [0.2, 0.25) is 10.0 Å². The van der Waals surface area contributed by atoms with Crippen LogP contribution in [0.5, 0.6) is 0 Å². The fourth-order valence-electron chi connectivity index (χ4n) is 2.72. The Hall–Kier alpha value is -1.90. The summed E-state index contributed by atoms with van der Waals surface area (Å²) in [5.41, 5.74) is 1.16. The quantitative estimate of drug-likeness (QED) is 0.828. The first-order valence-electron chi connectivity index (χ1n) is 7.55. The van der Waals surface area contributed by atoms with E-state index in [0.29, 0.717) is 9.87 Å². The van der Waals surface area contributed by atoms with Crippen LogP contribution in [0, 0.1) is 6.92 Å². The number of rotatable bonds is 3. The van der Waals surface area contributed by atoms with Crippen LogP contribution in [-0.4, -0.2) is 31.5 Å². The van der Waals surface area contributed by atoms with E-state index in [-0.39, 0.29) is 4.90 Å². The summed E-state index contributed by atoms with van der Waals surface area (Å²) in [6, 6.07) is 11.5. The van der Waals surface area contributed by atoms with Gasteiger partial charge in [0.1, 0.15) is 6.04 Å². The van der Waals surface area contributed by atoms with Crippen molar-refractivity contribution in [3.63, 3.8) is 0 Å².